The zero-order chi connectivity index (χ0) is 20.9. The van der Waals surface area contributed by atoms with Crippen LogP contribution in [0.15, 0.2) is 78.9 Å². The molecular weight excluding hydrogens is 370 g/mol. The number of unbranched alkanes of at least 4 members (excludes halogenated alkanes) is 4. The van der Waals surface area contributed by atoms with Crippen molar-refractivity contribution in [1.82, 2.24) is 0 Å². The third kappa shape index (κ3) is 7.82. The van der Waals surface area contributed by atoms with Gasteiger partial charge in [-0.25, -0.2) is 0 Å². The predicted octanol–water partition coefficient (Wildman–Crippen LogP) is 7.23. The lowest BCUT2D eigenvalue weighted by Crippen LogP contribution is -2.01. The molecule has 0 atom stereocenters. The highest BCUT2D eigenvalue weighted by molar-refractivity contribution is 5.47. The number of ether oxygens (including phenoxy) is 2. The van der Waals surface area contributed by atoms with Gasteiger partial charge in [0.1, 0.15) is 18.1 Å². The topological polar surface area (TPSA) is 30.5 Å². The maximum absolute atomic E-state index is 5.84. The van der Waals surface area contributed by atoms with Crippen LogP contribution >= 0.6 is 0 Å². The lowest BCUT2D eigenvalue weighted by atomic mass is 10.2. The molecule has 3 rings (SSSR count). The van der Waals surface area contributed by atoms with Gasteiger partial charge in [-0.3, -0.25) is 0 Å². The van der Waals surface area contributed by atoms with E-state index in [4.69, 9.17) is 9.47 Å². The van der Waals surface area contributed by atoms with E-state index in [0.29, 0.717) is 6.61 Å². The number of nitrogens with one attached hydrogen (secondary N) is 1. The third-order valence-corrected chi connectivity index (χ3v) is 5.04. The van der Waals surface area contributed by atoms with Crippen LogP contribution in [0.3, 0.4) is 0 Å². The monoisotopic (exact) mass is 403 g/mol. The third-order valence-electron chi connectivity index (χ3n) is 5.04. The SMILES string of the molecule is CCCCCCCOc1ccc(CNc2ccc(OCc3ccccc3)cc2)cc1. The van der Waals surface area contributed by atoms with Gasteiger partial charge >= 0.3 is 0 Å². The van der Waals surface area contributed by atoms with Gasteiger partial charge in [0.2, 0.25) is 0 Å². The predicted molar refractivity (Wildman–Crippen MR) is 125 cm³/mol. The Morgan fingerprint density at radius 1 is 0.633 bits per heavy atom. The first-order valence-electron chi connectivity index (χ1n) is 11.1. The first kappa shape index (κ1) is 21.8. The van der Waals surface area contributed by atoms with Crippen LogP contribution in [0.1, 0.15) is 50.2 Å². The van der Waals surface area contributed by atoms with Crippen LogP contribution in [-0.2, 0) is 13.2 Å². The van der Waals surface area contributed by atoms with E-state index in [2.05, 4.69) is 60.8 Å². The Labute approximate surface area is 181 Å². The van der Waals surface area contributed by atoms with Crippen molar-refractivity contribution >= 4 is 5.69 Å². The molecule has 0 heterocycles. The summed E-state index contributed by atoms with van der Waals surface area (Å²) >= 11 is 0. The Morgan fingerprint density at radius 3 is 2.03 bits per heavy atom. The molecule has 0 aliphatic rings. The fourth-order valence-electron chi connectivity index (χ4n) is 3.21. The number of rotatable bonds is 13. The summed E-state index contributed by atoms with van der Waals surface area (Å²) in [4.78, 5) is 0. The summed E-state index contributed by atoms with van der Waals surface area (Å²) in [5.74, 6) is 1.83. The highest BCUT2D eigenvalue weighted by Crippen LogP contribution is 2.19. The number of hydrogen-bond acceptors (Lipinski definition) is 3. The average Bonchev–Trinajstić information content (AvgIpc) is 2.81. The first-order chi connectivity index (χ1) is 14.8. The van der Waals surface area contributed by atoms with Crippen molar-refractivity contribution in [2.75, 3.05) is 11.9 Å². The number of hydrogen-bond donors (Lipinski definition) is 1. The molecule has 0 saturated heterocycles. The minimum atomic E-state index is 0.584. The smallest absolute Gasteiger partial charge is 0.119 e. The molecule has 0 bridgehead atoms. The molecule has 0 aliphatic heterocycles. The zero-order valence-corrected chi connectivity index (χ0v) is 18.0. The standard InChI is InChI=1S/C27H33NO2/c1-2-3-4-5-9-20-29-26-16-12-23(13-17-26)21-28-25-14-18-27(19-15-25)30-22-24-10-7-6-8-11-24/h6-8,10-19,28H,2-5,9,20-22H2,1H3. The van der Waals surface area contributed by atoms with E-state index in [1.54, 1.807) is 0 Å². The molecular formula is C27H33NO2. The van der Waals surface area contributed by atoms with Gasteiger partial charge in [-0.1, -0.05) is 75.1 Å². The number of benzene rings is 3. The van der Waals surface area contributed by atoms with Crippen LogP contribution in [0.5, 0.6) is 11.5 Å². The summed E-state index contributed by atoms with van der Waals surface area (Å²) in [5.41, 5.74) is 3.48. The molecule has 158 valence electrons. The minimum absolute atomic E-state index is 0.584. The van der Waals surface area contributed by atoms with Crippen LogP contribution in [0, 0.1) is 0 Å². The minimum Gasteiger partial charge on any atom is -0.494 e. The molecule has 0 spiro atoms. The van der Waals surface area contributed by atoms with Crippen LogP contribution in [0.2, 0.25) is 0 Å². The van der Waals surface area contributed by atoms with E-state index in [9.17, 15) is 0 Å². The van der Waals surface area contributed by atoms with Crippen molar-refractivity contribution < 1.29 is 9.47 Å². The van der Waals surface area contributed by atoms with Crippen LogP contribution in [0.4, 0.5) is 5.69 Å². The van der Waals surface area contributed by atoms with E-state index >= 15 is 0 Å². The van der Waals surface area contributed by atoms with Crippen molar-refractivity contribution in [3.05, 3.63) is 90.0 Å². The molecule has 0 saturated carbocycles. The summed E-state index contributed by atoms with van der Waals surface area (Å²) in [6.07, 6.45) is 6.30. The summed E-state index contributed by atoms with van der Waals surface area (Å²) in [6.45, 7) is 4.41. The zero-order valence-electron chi connectivity index (χ0n) is 18.0. The Kier molecular flexibility index (Phi) is 9.13. The van der Waals surface area contributed by atoms with Crippen molar-refractivity contribution in [3.8, 4) is 11.5 Å². The molecule has 0 unspecified atom stereocenters. The Balaban J connectivity index is 1.36. The summed E-state index contributed by atoms with van der Waals surface area (Å²) in [6, 6.07) is 26.7. The Hall–Kier alpha value is -2.94. The highest BCUT2D eigenvalue weighted by atomic mass is 16.5. The molecule has 0 fully saturated rings. The highest BCUT2D eigenvalue weighted by Gasteiger charge is 1.99. The van der Waals surface area contributed by atoms with E-state index < -0.39 is 0 Å². The molecule has 1 N–H and O–H groups in total. The average molecular weight is 404 g/mol. The van der Waals surface area contributed by atoms with Crippen molar-refractivity contribution in [2.24, 2.45) is 0 Å². The summed E-state index contributed by atoms with van der Waals surface area (Å²) in [7, 11) is 0. The lowest BCUT2D eigenvalue weighted by molar-refractivity contribution is 0.304. The van der Waals surface area contributed by atoms with Crippen LogP contribution in [-0.4, -0.2) is 6.61 Å². The second-order valence-electron chi connectivity index (χ2n) is 7.56. The molecule has 3 nitrogen and oxygen atoms in total. The normalized spacial score (nSPS) is 10.6. The first-order valence-corrected chi connectivity index (χ1v) is 11.1. The molecule has 0 amide bonds. The fourth-order valence-corrected chi connectivity index (χ4v) is 3.21. The maximum atomic E-state index is 5.84. The molecule has 30 heavy (non-hydrogen) atoms. The van der Waals surface area contributed by atoms with E-state index in [1.807, 2.05) is 30.3 Å². The fraction of sp³-hybridized carbons (Fsp3) is 0.333. The maximum Gasteiger partial charge on any atom is 0.119 e. The van der Waals surface area contributed by atoms with Gasteiger partial charge in [-0.2, -0.15) is 0 Å². The Morgan fingerprint density at radius 2 is 1.30 bits per heavy atom. The molecule has 3 aromatic rings. The lowest BCUT2D eigenvalue weighted by Gasteiger charge is -2.10. The summed E-state index contributed by atoms with van der Waals surface area (Å²) < 4.78 is 11.7. The molecule has 0 radical (unpaired) electrons. The Bertz CT molecular complexity index is 829. The van der Waals surface area contributed by atoms with E-state index in [1.165, 1.54) is 36.8 Å². The van der Waals surface area contributed by atoms with Crippen molar-refractivity contribution in [3.63, 3.8) is 0 Å². The second kappa shape index (κ2) is 12.6. The second-order valence-corrected chi connectivity index (χ2v) is 7.56. The van der Waals surface area contributed by atoms with Gasteiger partial charge in [0.15, 0.2) is 0 Å². The van der Waals surface area contributed by atoms with Crippen LogP contribution in [0.25, 0.3) is 0 Å². The molecule has 3 heteroatoms. The van der Waals surface area contributed by atoms with Crippen molar-refractivity contribution in [1.29, 1.82) is 0 Å². The van der Waals surface area contributed by atoms with Gasteiger partial charge in [0.25, 0.3) is 0 Å². The molecule has 0 aliphatic carbocycles. The van der Waals surface area contributed by atoms with Gasteiger partial charge in [-0.15, -0.1) is 0 Å². The van der Waals surface area contributed by atoms with Gasteiger partial charge in [-0.05, 0) is 53.9 Å². The number of anilines is 1. The van der Waals surface area contributed by atoms with Gasteiger partial charge < -0.3 is 14.8 Å². The van der Waals surface area contributed by atoms with Gasteiger partial charge in [0.05, 0.1) is 6.61 Å². The van der Waals surface area contributed by atoms with E-state index in [-0.39, 0.29) is 0 Å². The largest absolute Gasteiger partial charge is 0.494 e. The van der Waals surface area contributed by atoms with Gasteiger partial charge in [0, 0.05) is 12.2 Å². The molecule has 3 aromatic carbocycles. The van der Waals surface area contributed by atoms with Crippen molar-refractivity contribution in [2.45, 2.75) is 52.2 Å². The summed E-state index contributed by atoms with van der Waals surface area (Å²) in [5, 5.41) is 3.46. The quantitative estimate of drug-likeness (QED) is 0.305. The van der Waals surface area contributed by atoms with Crippen LogP contribution < -0.4 is 14.8 Å². The van der Waals surface area contributed by atoms with E-state index in [0.717, 1.165) is 36.8 Å². The molecule has 0 aromatic heterocycles.